The molecule has 0 radical (unpaired) electrons. The SMILES string of the molecule is CCOC(=O)C(=O)NNC(=O)c1cnccc1C. The van der Waals surface area contributed by atoms with Gasteiger partial charge in [0.2, 0.25) is 0 Å². The third kappa shape index (κ3) is 3.55. The molecule has 0 saturated heterocycles. The Bertz CT molecular complexity index is 473. The third-order valence-corrected chi connectivity index (χ3v) is 2.03. The molecule has 0 aromatic carbocycles. The maximum atomic E-state index is 11.6. The molecule has 0 bridgehead atoms. The average molecular weight is 251 g/mol. The Morgan fingerprint density at radius 2 is 2.06 bits per heavy atom. The fraction of sp³-hybridized carbons (Fsp3) is 0.273. The second-order valence-corrected chi connectivity index (χ2v) is 3.32. The van der Waals surface area contributed by atoms with Crippen molar-refractivity contribution in [3.05, 3.63) is 29.6 Å². The number of ether oxygens (including phenoxy) is 1. The van der Waals surface area contributed by atoms with E-state index >= 15 is 0 Å². The highest BCUT2D eigenvalue weighted by atomic mass is 16.5. The molecule has 0 atom stereocenters. The quantitative estimate of drug-likeness (QED) is 0.428. The number of carbonyl (C=O) groups excluding carboxylic acids is 3. The molecule has 2 amide bonds. The number of rotatable bonds is 2. The number of pyridine rings is 1. The molecule has 96 valence electrons. The lowest BCUT2D eigenvalue weighted by molar-refractivity contribution is -0.154. The molecule has 7 heteroatoms. The van der Waals surface area contributed by atoms with E-state index in [2.05, 4.69) is 15.1 Å². The highest BCUT2D eigenvalue weighted by Gasteiger charge is 2.16. The Kier molecular flexibility index (Phi) is 4.79. The Hall–Kier alpha value is -2.44. The Morgan fingerprint density at radius 3 is 2.67 bits per heavy atom. The van der Waals surface area contributed by atoms with Crippen molar-refractivity contribution in [3.63, 3.8) is 0 Å². The second kappa shape index (κ2) is 6.33. The molecule has 0 fully saturated rings. The van der Waals surface area contributed by atoms with Gasteiger partial charge in [-0.15, -0.1) is 0 Å². The van der Waals surface area contributed by atoms with Gasteiger partial charge < -0.3 is 4.74 Å². The van der Waals surface area contributed by atoms with Crippen LogP contribution < -0.4 is 10.9 Å². The molecule has 0 aliphatic rings. The van der Waals surface area contributed by atoms with Crippen molar-refractivity contribution < 1.29 is 19.1 Å². The monoisotopic (exact) mass is 251 g/mol. The molecule has 0 saturated carbocycles. The molecule has 1 aromatic rings. The van der Waals surface area contributed by atoms with Crippen molar-refractivity contribution in [1.82, 2.24) is 15.8 Å². The second-order valence-electron chi connectivity index (χ2n) is 3.32. The van der Waals surface area contributed by atoms with Crippen LogP contribution >= 0.6 is 0 Å². The number of hydrazine groups is 1. The summed E-state index contributed by atoms with van der Waals surface area (Å²) in [5.74, 6) is -2.65. The first-order valence-corrected chi connectivity index (χ1v) is 5.24. The van der Waals surface area contributed by atoms with Gasteiger partial charge >= 0.3 is 11.9 Å². The number of nitrogens with zero attached hydrogens (tertiary/aromatic N) is 1. The van der Waals surface area contributed by atoms with Gasteiger partial charge in [0.05, 0.1) is 12.2 Å². The molecule has 0 aliphatic carbocycles. The first-order valence-electron chi connectivity index (χ1n) is 5.24. The lowest BCUT2D eigenvalue weighted by Crippen LogP contribution is -2.45. The topological polar surface area (TPSA) is 97.4 Å². The van der Waals surface area contributed by atoms with Gasteiger partial charge in [0, 0.05) is 12.4 Å². The number of hydrogen-bond acceptors (Lipinski definition) is 5. The molecule has 0 spiro atoms. The van der Waals surface area contributed by atoms with E-state index in [1.165, 1.54) is 6.20 Å². The standard InChI is InChI=1S/C11H13N3O4/c1-3-18-11(17)10(16)14-13-9(15)8-6-12-5-4-7(8)2/h4-6H,3H2,1-2H3,(H,13,15)(H,14,16). The molecule has 1 aromatic heterocycles. The highest BCUT2D eigenvalue weighted by molar-refractivity contribution is 6.32. The summed E-state index contributed by atoms with van der Waals surface area (Å²) in [5.41, 5.74) is 5.06. The number of hydrogen-bond donors (Lipinski definition) is 2. The van der Waals surface area contributed by atoms with Crippen LogP contribution in [0.1, 0.15) is 22.8 Å². The predicted molar refractivity (Wildman–Crippen MR) is 61.2 cm³/mol. The fourth-order valence-corrected chi connectivity index (χ4v) is 1.13. The van der Waals surface area contributed by atoms with E-state index in [1.807, 2.05) is 5.43 Å². The Balaban J connectivity index is 2.55. The van der Waals surface area contributed by atoms with Crippen LogP contribution in [0.3, 0.4) is 0 Å². The van der Waals surface area contributed by atoms with Crippen LogP contribution in [0.15, 0.2) is 18.5 Å². The minimum Gasteiger partial charge on any atom is -0.459 e. The van der Waals surface area contributed by atoms with Crippen LogP contribution in [0.2, 0.25) is 0 Å². The lowest BCUT2D eigenvalue weighted by atomic mass is 10.1. The van der Waals surface area contributed by atoms with Crippen LogP contribution in [-0.2, 0) is 14.3 Å². The maximum absolute atomic E-state index is 11.6. The van der Waals surface area contributed by atoms with Gasteiger partial charge in [-0.2, -0.15) is 0 Å². The molecule has 1 heterocycles. The summed E-state index contributed by atoms with van der Waals surface area (Å²) >= 11 is 0. The Morgan fingerprint density at radius 1 is 1.33 bits per heavy atom. The maximum Gasteiger partial charge on any atom is 0.398 e. The van der Waals surface area contributed by atoms with Crippen LogP contribution in [0.25, 0.3) is 0 Å². The number of aryl methyl sites for hydroxylation is 1. The van der Waals surface area contributed by atoms with Gasteiger partial charge in [0.15, 0.2) is 0 Å². The van der Waals surface area contributed by atoms with Crippen molar-refractivity contribution in [3.8, 4) is 0 Å². The van der Waals surface area contributed by atoms with Gasteiger partial charge in [-0.25, -0.2) is 4.79 Å². The van der Waals surface area contributed by atoms with Crippen LogP contribution in [0.5, 0.6) is 0 Å². The molecule has 0 unspecified atom stereocenters. The van der Waals surface area contributed by atoms with Gasteiger partial charge in [0.1, 0.15) is 0 Å². The van der Waals surface area contributed by atoms with Crippen molar-refractivity contribution in [2.75, 3.05) is 6.61 Å². The largest absolute Gasteiger partial charge is 0.459 e. The molecule has 1 rings (SSSR count). The van der Waals surface area contributed by atoms with E-state index in [4.69, 9.17) is 0 Å². The number of carbonyl (C=O) groups is 3. The molecule has 0 aliphatic heterocycles. The lowest BCUT2D eigenvalue weighted by Gasteiger charge is -2.07. The minimum absolute atomic E-state index is 0.0852. The zero-order valence-corrected chi connectivity index (χ0v) is 10.0. The molecule has 2 N–H and O–H groups in total. The van der Waals surface area contributed by atoms with Crippen LogP contribution in [-0.4, -0.2) is 29.4 Å². The summed E-state index contributed by atoms with van der Waals surface area (Å²) in [4.78, 5) is 37.5. The Labute approximate surface area is 104 Å². The van der Waals surface area contributed by atoms with E-state index in [0.717, 1.165) is 0 Å². The third-order valence-electron chi connectivity index (χ3n) is 2.03. The number of amides is 2. The van der Waals surface area contributed by atoms with Gasteiger partial charge in [-0.3, -0.25) is 25.4 Å². The summed E-state index contributed by atoms with van der Waals surface area (Å²) in [5, 5.41) is 0. The van der Waals surface area contributed by atoms with E-state index in [-0.39, 0.29) is 6.61 Å². The average Bonchev–Trinajstić information content (AvgIpc) is 2.36. The first kappa shape index (κ1) is 13.6. The molecular weight excluding hydrogens is 238 g/mol. The van der Waals surface area contributed by atoms with E-state index in [0.29, 0.717) is 11.1 Å². The zero-order valence-electron chi connectivity index (χ0n) is 10.0. The van der Waals surface area contributed by atoms with Crippen molar-refractivity contribution >= 4 is 17.8 Å². The van der Waals surface area contributed by atoms with Gasteiger partial charge in [-0.1, -0.05) is 0 Å². The van der Waals surface area contributed by atoms with Crippen molar-refractivity contribution in [1.29, 1.82) is 0 Å². The predicted octanol–water partition coefficient (Wildman–Crippen LogP) is -0.286. The first-order chi connectivity index (χ1) is 8.56. The zero-order chi connectivity index (χ0) is 13.5. The summed E-state index contributed by atoms with van der Waals surface area (Å²) in [6.07, 6.45) is 2.91. The number of aromatic nitrogens is 1. The van der Waals surface area contributed by atoms with E-state index in [1.54, 1.807) is 26.1 Å². The number of nitrogens with one attached hydrogen (secondary N) is 2. The van der Waals surface area contributed by atoms with Gasteiger partial charge in [0.25, 0.3) is 5.91 Å². The highest BCUT2D eigenvalue weighted by Crippen LogP contribution is 2.03. The summed E-state index contributed by atoms with van der Waals surface area (Å²) in [6, 6.07) is 1.65. The summed E-state index contributed by atoms with van der Waals surface area (Å²) < 4.78 is 4.45. The smallest absolute Gasteiger partial charge is 0.398 e. The molecule has 7 nitrogen and oxygen atoms in total. The summed E-state index contributed by atoms with van der Waals surface area (Å²) in [7, 11) is 0. The van der Waals surface area contributed by atoms with Crippen molar-refractivity contribution in [2.45, 2.75) is 13.8 Å². The van der Waals surface area contributed by atoms with Gasteiger partial charge in [-0.05, 0) is 25.5 Å². The molecular formula is C11H13N3O4. The van der Waals surface area contributed by atoms with Crippen molar-refractivity contribution in [2.24, 2.45) is 0 Å². The fourth-order valence-electron chi connectivity index (χ4n) is 1.13. The normalized spacial score (nSPS) is 9.44. The minimum atomic E-state index is -1.05. The number of esters is 1. The van der Waals surface area contributed by atoms with Crippen LogP contribution in [0, 0.1) is 6.92 Å². The van der Waals surface area contributed by atoms with E-state index in [9.17, 15) is 14.4 Å². The van der Waals surface area contributed by atoms with E-state index < -0.39 is 17.8 Å². The molecule has 18 heavy (non-hydrogen) atoms. The van der Waals surface area contributed by atoms with Crippen LogP contribution in [0.4, 0.5) is 0 Å². The summed E-state index contributed by atoms with van der Waals surface area (Å²) in [6.45, 7) is 3.38.